The van der Waals surface area contributed by atoms with Crippen LogP contribution in [-0.4, -0.2) is 68.8 Å². The van der Waals surface area contributed by atoms with Gasteiger partial charge in [0.15, 0.2) is 0 Å². The molecule has 2 fully saturated rings. The molecule has 9 heteroatoms. The normalized spacial score (nSPS) is 25.7. The van der Waals surface area contributed by atoms with Gasteiger partial charge in [-0.2, -0.15) is 0 Å². The minimum absolute atomic E-state index is 0.148. The molecular weight excluding hydrogens is 348 g/mol. The Bertz CT molecular complexity index is 766. The van der Waals surface area contributed by atoms with Gasteiger partial charge >= 0.3 is 0 Å². The Morgan fingerprint density at radius 3 is 3.04 bits per heavy atom. The Morgan fingerprint density at radius 2 is 2.26 bits per heavy atom. The highest BCUT2D eigenvalue weighted by molar-refractivity contribution is 5.81. The second-order valence-electron chi connectivity index (χ2n) is 7.22. The third kappa shape index (κ3) is 4.32. The molecule has 27 heavy (non-hydrogen) atoms. The fraction of sp³-hybridized carbons (Fsp3) is 0.556. The minimum atomic E-state index is -0.512. The number of nitrogens with zero attached hydrogens (tertiary/aromatic N) is 4. The molecular formula is C18H24N6O3. The van der Waals surface area contributed by atoms with Crippen LogP contribution in [0.1, 0.15) is 23.5 Å². The molecule has 2 aromatic rings. The van der Waals surface area contributed by atoms with Crippen molar-refractivity contribution in [2.45, 2.75) is 38.1 Å². The standard InChI is InChI=1S/C18H24N6O3/c1-13-5-20-16(21-6-13)8-22-17(25)15-4-18(11-26-15)10-24(2-3-27-18)9-14-7-19-12-23-14/h5-7,12,15H,2-4,8-11H2,1H3,(H,19,23)(H,22,25). The number of aromatic amines is 1. The molecule has 0 aliphatic carbocycles. The highest BCUT2D eigenvalue weighted by Crippen LogP contribution is 2.32. The number of imidazole rings is 1. The summed E-state index contributed by atoms with van der Waals surface area (Å²) < 4.78 is 11.8. The van der Waals surface area contributed by atoms with E-state index in [-0.39, 0.29) is 5.91 Å². The maximum atomic E-state index is 12.5. The Labute approximate surface area is 157 Å². The highest BCUT2D eigenvalue weighted by atomic mass is 16.6. The first-order chi connectivity index (χ1) is 13.1. The smallest absolute Gasteiger partial charge is 0.249 e. The summed E-state index contributed by atoms with van der Waals surface area (Å²) in [6.45, 7) is 5.63. The molecule has 1 amide bonds. The number of H-pyrrole nitrogens is 1. The van der Waals surface area contributed by atoms with Crippen LogP contribution in [0.2, 0.25) is 0 Å². The molecule has 2 saturated heterocycles. The van der Waals surface area contributed by atoms with Crippen LogP contribution >= 0.6 is 0 Å². The average Bonchev–Trinajstić information content (AvgIpc) is 3.32. The number of nitrogens with one attached hydrogen (secondary N) is 2. The molecule has 0 radical (unpaired) electrons. The fourth-order valence-electron chi connectivity index (χ4n) is 3.55. The number of aryl methyl sites for hydroxylation is 1. The molecule has 9 nitrogen and oxygen atoms in total. The van der Waals surface area contributed by atoms with E-state index < -0.39 is 11.7 Å². The van der Waals surface area contributed by atoms with Crippen LogP contribution in [0, 0.1) is 6.92 Å². The van der Waals surface area contributed by atoms with Crippen LogP contribution in [0.4, 0.5) is 0 Å². The van der Waals surface area contributed by atoms with Crippen molar-refractivity contribution in [3.8, 4) is 0 Å². The Hall–Kier alpha value is -2.36. The number of hydrogen-bond acceptors (Lipinski definition) is 7. The van der Waals surface area contributed by atoms with Gasteiger partial charge < -0.3 is 19.8 Å². The third-order valence-electron chi connectivity index (χ3n) is 4.93. The summed E-state index contributed by atoms with van der Waals surface area (Å²) in [5.74, 6) is 0.437. The van der Waals surface area contributed by atoms with Crippen LogP contribution < -0.4 is 5.32 Å². The molecule has 0 bridgehead atoms. The number of carbonyl (C=O) groups is 1. The monoisotopic (exact) mass is 372 g/mol. The molecule has 4 heterocycles. The molecule has 2 aliphatic heterocycles. The van der Waals surface area contributed by atoms with Gasteiger partial charge in [-0.15, -0.1) is 0 Å². The number of rotatable bonds is 5. The van der Waals surface area contributed by atoms with E-state index in [1.807, 2.05) is 13.1 Å². The van der Waals surface area contributed by atoms with Crippen molar-refractivity contribution in [1.29, 1.82) is 0 Å². The number of ether oxygens (including phenoxy) is 2. The van der Waals surface area contributed by atoms with Gasteiger partial charge in [-0.1, -0.05) is 0 Å². The average molecular weight is 372 g/mol. The topological polar surface area (TPSA) is 105 Å². The molecule has 2 aliphatic rings. The number of amides is 1. The van der Waals surface area contributed by atoms with Crippen molar-refractivity contribution in [1.82, 2.24) is 30.2 Å². The molecule has 4 rings (SSSR count). The quantitative estimate of drug-likeness (QED) is 0.771. The summed E-state index contributed by atoms with van der Waals surface area (Å²) in [6, 6.07) is 0. The minimum Gasteiger partial charge on any atom is -0.370 e. The molecule has 144 valence electrons. The lowest BCUT2D eigenvalue weighted by atomic mass is 9.97. The number of carbonyl (C=O) groups excluding carboxylic acids is 1. The van der Waals surface area contributed by atoms with Gasteiger partial charge in [0.2, 0.25) is 5.91 Å². The van der Waals surface area contributed by atoms with E-state index in [4.69, 9.17) is 9.47 Å². The van der Waals surface area contributed by atoms with Gasteiger partial charge in [-0.05, 0) is 12.5 Å². The van der Waals surface area contributed by atoms with E-state index in [1.165, 1.54) is 0 Å². The van der Waals surface area contributed by atoms with E-state index in [0.717, 1.165) is 30.9 Å². The molecule has 2 unspecified atom stereocenters. The van der Waals surface area contributed by atoms with Crippen molar-refractivity contribution in [3.05, 3.63) is 42.0 Å². The Kier molecular flexibility index (Phi) is 5.15. The van der Waals surface area contributed by atoms with Gasteiger partial charge in [0.05, 0.1) is 26.1 Å². The van der Waals surface area contributed by atoms with E-state index in [9.17, 15) is 4.79 Å². The van der Waals surface area contributed by atoms with Gasteiger partial charge in [0, 0.05) is 50.3 Å². The summed E-state index contributed by atoms with van der Waals surface area (Å²) in [6.07, 6.45) is 7.02. The molecule has 2 N–H and O–H groups in total. The molecule has 2 atom stereocenters. The number of morpholine rings is 1. The summed E-state index contributed by atoms with van der Waals surface area (Å²) in [5, 5.41) is 2.86. The maximum Gasteiger partial charge on any atom is 0.249 e. The summed E-state index contributed by atoms with van der Waals surface area (Å²) >= 11 is 0. The number of hydrogen-bond donors (Lipinski definition) is 2. The Morgan fingerprint density at radius 1 is 1.41 bits per heavy atom. The van der Waals surface area contributed by atoms with E-state index in [2.05, 4.69) is 30.2 Å². The van der Waals surface area contributed by atoms with Crippen LogP contribution in [0.15, 0.2) is 24.9 Å². The van der Waals surface area contributed by atoms with Crippen LogP contribution in [-0.2, 0) is 27.4 Å². The predicted molar refractivity (Wildman–Crippen MR) is 95.5 cm³/mol. The van der Waals surface area contributed by atoms with Crippen LogP contribution in [0.25, 0.3) is 0 Å². The number of aromatic nitrogens is 4. The van der Waals surface area contributed by atoms with Crippen LogP contribution in [0.5, 0.6) is 0 Å². The molecule has 2 aromatic heterocycles. The summed E-state index contributed by atoms with van der Waals surface area (Å²) in [7, 11) is 0. The van der Waals surface area contributed by atoms with E-state index in [0.29, 0.717) is 32.0 Å². The van der Waals surface area contributed by atoms with Crippen molar-refractivity contribution >= 4 is 5.91 Å². The lowest BCUT2D eigenvalue weighted by molar-refractivity contribution is -0.130. The molecule has 0 saturated carbocycles. The van der Waals surface area contributed by atoms with Gasteiger partial charge in [0.1, 0.15) is 17.5 Å². The first-order valence-corrected chi connectivity index (χ1v) is 9.12. The van der Waals surface area contributed by atoms with Crippen LogP contribution in [0.3, 0.4) is 0 Å². The summed E-state index contributed by atoms with van der Waals surface area (Å²) in [4.78, 5) is 30.4. The zero-order chi connectivity index (χ0) is 18.7. The third-order valence-corrected chi connectivity index (χ3v) is 4.93. The van der Waals surface area contributed by atoms with E-state index >= 15 is 0 Å². The molecule has 1 spiro atoms. The largest absolute Gasteiger partial charge is 0.370 e. The van der Waals surface area contributed by atoms with Crippen molar-refractivity contribution in [2.75, 3.05) is 26.3 Å². The molecule has 0 aromatic carbocycles. The van der Waals surface area contributed by atoms with Gasteiger partial charge in [-0.25, -0.2) is 15.0 Å². The van der Waals surface area contributed by atoms with Crippen molar-refractivity contribution < 1.29 is 14.3 Å². The first kappa shape index (κ1) is 18.0. The van der Waals surface area contributed by atoms with Crippen molar-refractivity contribution in [2.24, 2.45) is 0 Å². The van der Waals surface area contributed by atoms with Crippen molar-refractivity contribution in [3.63, 3.8) is 0 Å². The lowest BCUT2D eigenvalue weighted by Gasteiger charge is -2.39. The van der Waals surface area contributed by atoms with Gasteiger partial charge in [-0.3, -0.25) is 9.69 Å². The van der Waals surface area contributed by atoms with E-state index in [1.54, 1.807) is 18.7 Å². The first-order valence-electron chi connectivity index (χ1n) is 9.12. The fourth-order valence-corrected chi connectivity index (χ4v) is 3.55. The second-order valence-corrected chi connectivity index (χ2v) is 7.22. The predicted octanol–water partition coefficient (Wildman–Crippen LogP) is 0.184. The lowest BCUT2D eigenvalue weighted by Crippen LogP contribution is -2.52. The zero-order valence-electron chi connectivity index (χ0n) is 15.4. The maximum absolute atomic E-state index is 12.5. The van der Waals surface area contributed by atoms with Gasteiger partial charge in [0.25, 0.3) is 0 Å². The Balaban J connectivity index is 1.30. The second kappa shape index (κ2) is 7.71. The summed E-state index contributed by atoms with van der Waals surface area (Å²) in [5.41, 5.74) is 1.62. The SMILES string of the molecule is Cc1cnc(CNC(=O)C2CC3(CO2)CN(Cc2cnc[nH]2)CCO3)nc1. The zero-order valence-corrected chi connectivity index (χ0v) is 15.4. The highest BCUT2D eigenvalue weighted by Gasteiger charge is 2.46.